The molecule has 0 aliphatic rings. The highest BCUT2D eigenvalue weighted by atomic mass is 16.4. The Morgan fingerprint density at radius 1 is 1.47 bits per heavy atom. The van der Waals surface area contributed by atoms with Gasteiger partial charge in [-0.2, -0.15) is 0 Å². The molecule has 0 saturated carbocycles. The number of hydrogen-bond acceptors (Lipinski definition) is 4. The average Bonchev–Trinajstić information content (AvgIpc) is 2.81. The summed E-state index contributed by atoms with van der Waals surface area (Å²) in [5, 5.41) is 12.1. The van der Waals surface area contributed by atoms with Crippen LogP contribution in [0.3, 0.4) is 0 Å². The van der Waals surface area contributed by atoms with Gasteiger partial charge >= 0.3 is 5.97 Å². The van der Waals surface area contributed by atoms with Crippen LogP contribution < -0.4 is 5.32 Å². The summed E-state index contributed by atoms with van der Waals surface area (Å²) in [7, 11) is 1.96. The second-order valence-electron chi connectivity index (χ2n) is 4.20. The van der Waals surface area contributed by atoms with E-state index in [9.17, 15) is 4.79 Å². The number of aryl methyl sites for hydroxylation is 1. The van der Waals surface area contributed by atoms with Crippen LogP contribution >= 0.6 is 0 Å². The minimum absolute atomic E-state index is 0.0726. The minimum Gasteiger partial charge on any atom is -0.477 e. The van der Waals surface area contributed by atoms with Gasteiger partial charge in [0.2, 0.25) is 0 Å². The summed E-state index contributed by atoms with van der Waals surface area (Å²) in [5.41, 5.74) is 0.795. The van der Waals surface area contributed by atoms with E-state index in [1.54, 1.807) is 18.3 Å². The van der Waals surface area contributed by atoms with Gasteiger partial charge in [-0.25, -0.2) is 14.8 Å². The van der Waals surface area contributed by atoms with Crippen LogP contribution in [-0.4, -0.2) is 32.2 Å². The maximum Gasteiger partial charge on any atom is 0.354 e. The van der Waals surface area contributed by atoms with Gasteiger partial charge in [-0.05, 0) is 12.1 Å². The molecule has 2 N–H and O–H groups in total. The summed E-state index contributed by atoms with van der Waals surface area (Å²) in [4.78, 5) is 19.1. The van der Waals surface area contributed by atoms with Gasteiger partial charge in [0.05, 0.1) is 5.69 Å². The second kappa shape index (κ2) is 6.10. The first-order valence-electron chi connectivity index (χ1n) is 6.03. The third kappa shape index (κ3) is 3.62. The Labute approximate surface area is 111 Å². The van der Waals surface area contributed by atoms with Gasteiger partial charge in [-0.15, -0.1) is 0 Å². The summed E-state index contributed by atoms with van der Waals surface area (Å²) < 4.78 is 1.98. The van der Waals surface area contributed by atoms with Crippen molar-refractivity contribution in [3.8, 4) is 0 Å². The zero-order valence-electron chi connectivity index (χ0n) is 10.7. The van der Waals surface area contributed by atoms with Gasteiger partial charge in [-0.1, -0.05) is 6.07 Å². The van der Waals surface area contributed by atoms with E-state index in [4.69, 9.17) is 5.11 Å². The summed E-state index contributed by atoms with van der Waals surface area (Å²) in [5.74, 6) is 0.00889. The van der Waals surface area contributed by atoms with Crippen molar-refractivity contribution in [2.24, 2.45) is 7.05 Å². The lowest BCUT2D eigenvalue weighted by atomic mass is 10.3. The van der Waals surface area contributed by atoms with E-state index in [1.807, 2.05) is 17.8 Å². The molecule has 0 aliphatic heterocycles. The highest BCUT2D eigenvalue weighted by molar-refractivity contribution is 5.85. The minimum atomic E-state index is -1.00. The summed E-state index contributed by atoms with van der Waals surface area (Å²) >= 11 is 0. The van der Waals surface area contributed by atoms with Crippen LogP contribution in [0, 0.1) is 0 Å². The molecule has 19 heavy (non-hydrogen) atoms. The number of hydrogen-bond donors (Lipinski definition) is 2. The number of carbonyl (C=O) groups is 1. The van der Waals surface area contributed by atoms with Crippen molar-refractivity contribution in [1.29, 1.82) is 0 Å². The van der Waals surface area contributed by atoms with Gasteiger partial charge in [-0.3, -0.25) is 0 Å². The van der Waals surface area contributed by atoms with Crippen LogP contribution in [0.25, 0.3) is 0 Å². The standard InChI is InChI=1S/C13H16N4O2/c1-17-8-7-15-12(17)5-6-14-9-10-3-2-4-11(16-10)13(18)19/h2-4,7-8,14H,5-6,9H2,1H3,(H,18,19). The fourth-order valence-corrected chi connectivity index (χ4v) is 1.75. The highest BCUT2D eigenvalue weighted by Gasteiger charge is 2.05. The molecular formula is C13H16N4O2. The van der Waals surface area contributed by atoms with Crippen molar-refractivity contribution < 1.29 is 9.90 Å². The number of imidazole rings is 1. The molecule has 6 nitrogen and oxygen atoms in total. The van der Waals surface area contributed by atoms with Gasteiger partial charge in [0.1, 0.15) is 11.5 Å². The second-order valence-corrected chi connectivity index (χ2v) is 4.20. The first kappa shape index (κ1) is 13.2. The molecule has 0 spiro atoms. The van der Waals surface area contributed by atoms with Gasteiger partial charge in [0, 0.05) is 39.0 Å². The molecule has 2 aromatic rings. The molecule has 0 radical (unpaired) electrons. The van der Waals surface area contributed by atoms with Crippen molar-refractivity contribution in [2.45, 2.75) is 13.0 Å². The van der Waals surface area contributed by atoms with Crippen LogP contribution in [0.2, 0.25) is 0 Å². The molecule has 0 aliphatic carbocycles. The normalized spacial score (nSPS) is 10.6. The number of nitrogens with one attached hydrogen (secondary N) is 1. The lowest BCUT2D eigenvalue weighted by Crippen LogP contribution is -2.19. The fraction of sp³-hybridized carbons (Fsp3) is 0.308. The summed E-state index contributed by atoms with van der Waals surface area (Å²) in [6.45, 7) is 1.31. The molecule has 2 rings (SSSR count). The molecule has 0 saturated heterocycles. The number of carboxylic acid groups (broad SMARTS) is 1. The van der Waals surface area contributed by atoms with E-state index >= 15 is 0 Å². The number of aromatic carboxylic acids is 1. The molecule has 2 heterocycles. The molecule has 0 bridgehead atoms. The van der Waals surface area contributed by atoms with Crippen molar-refractivity contribution >= 4 is 5.97 Å². The van der Waals surface area contributed by atoms with E-state index in [0.717, 1.165) is 24.5 Å². The lowest BCUT2D eigenvalue weighted by Gasteiger charge is -2.05. The van der Waals surface area contributed by atoms with Crippen LogP contribution in [0.1, 0.15) is 22.0 Å². The van der Waals surface area contributed by atoms with E-state index in [1.165, 1.54) is 6.07 Å². The Hall–Kier alpha value is -2.21. The molecule has 0 aromatic carbocycles. The van der Waals surface area contributed by atoms with Gasteiger partial charge in [0.15, 0.2) is 0 Å². The number of pyridine rings is 1. The zero-order chi connectivity index (χ0) is 13.7. The largest absolute Gasteiger partial charge is 0.477 e. The molecule has 100 valence electrons. The maximum atomic E-state index is 10.8. The van der Waals surface area contributed by atoms with Crippen molar-refractivity contribution in [3.05, 3.63) is 47.8 Å². The van der Waals surface area contributed by atoms with E-state index < -0.39 is 5.97 Å². The molecular weight excluding hydrogens is 244 g/mol. The molecule has 2 aromatic heterocycles. The van der Waals surface area contributed by atoms with E-state index in [2.05, 4.69) is 15.3 Å². The van der Waals surface area contributed by atoms with Crippen LogP contribution in [0.15, 0.2) is 30.6 Å². The third-order valence-electron chi connectivity index (χ3n) is 2.78. The Morgan fingerprint density at radius 3 is 3.00 bits per heavy atom. The van der Waals surface area contributed by atoms with Crippen molar-refractivity contribution in [2.75, 3.05) is 6.54 Å². The fourth-order valence-electron chi connectivity index (χ4n) is 1.75. The van der Waals surface area contributed by atoms with E-state index in [-0.39, 0.29) is 5.69 Å². The SMILES string of the molecule is Cn1ccnc1CCNCc1cccc(C(=O)O)n1. The van der Waals surface area contributed by atoms with Crippen LogP contribution in [0.4, 0.5) is 0 Å². The third-order valence-corrected chi connectivity index (χ3v) is 2.78. The summed E-state index contributed by atoms with van der Waals surface area (Å²) in [6, 6.07) is 4.99. The molecule has 0 unspecified atom stereocenters. The predicted octanol–water partition coefficient (Wildman–Crippen LogP) is 0.846. The molecule has 6 heteroatoms. The maximum absolute atomic E-state index is 10.8. The first-order valence-corrected chi connectivity index (χ1v) is 6.03. The molecule has 0 fully saturated rings. The predicted molar refractivity (Wildman–Crippen MR) is 69.8 cm³/mol. The topological polar surface area (TPSA) is 80.0 Å². The van der Waals surface area contributed by atoms with Crippen LogP contribution in [-0.2, 0) is 20.0 Å². The average molecular weight is 260 g/mol. The first-order chi connectivity index (χ1) is 9.16. The smallest absolute Gasteiger partial charge is 0.354 e. The number of aromatic nitrogens is 3. The van der Waals surface area contributed by atoms with Gasteiger partial charge < -0.3 is 15.0 Å². The highest BCUT2D eigenvalue weighted by Crippen LogP contribution is 2.00. The molecule has 0 atom stereocenters. The number of rotatable bonds is 6. The summed E-state index contributed by atoms with van der Waals surface area (Å²) in [6.07, 6.45) is 4.50. The Morgan fingerprint density at radius 2 is 2.32 bits per heavy atom. The van der Waals surface area contributed by atoms with Gasteiger partial charge in [0.25, 0.3) is 0 Å². The van der Waals surface area contributed by atoms with E-state index in [0.29, 0.717) is 6.54 Å². The Bertz CT molecular complexity index is 565. The van der Waals surface area contributed by atoms with Crippen molar-refractivity contribution in [3.63, 3.8) is 0 Å². The lowest BCUT2D eigenvalue weighted by molar-refractivity contribution is 0.0690. The van der Waals surface area contributed by atoms with Crippen molar-refractivity contribution in [1.82, 2.24) is 19.9 Å². The number of nitrogens with zero attached hydrogens (tertiary/aromatic N) is 3. The molecule has 0 amide bonds. The quantitative estimate of drug-likeness (QED) is 0.752. The Balaban J connectivity index is 1.81. The monoisotopic (exact) mass is 260 g/mol. The van der Waals surface area contributed by atoms with Crippen LogP contribution in [0.5, 0.6) is 0 Å². The number of carboxylic acids is 1. The zero-order valence-corrected chi connectivity index (χ0v) is 10.7. The Kier molecular flexibility index (Phi) is 4.25.